The molecule has 0 radical (unpaired) electrons. The van der Waals surface area contributed by atoms with E-state index in [9.17, 15) is 9.90 Å². The maximum atomic E-state index is 11.0. The molecule has 0 bridgehead atoms. The Kier molecular flexibility index (Phi) is 2.99. The third-order valence-electron chi connectivity index (χ3n) is 3.99. The highest BCUT2D eigenvalue weighted by atomic mass is 16.4. The molecule has 0 saturated heterocycles. The smallest absolute Gasteiger partial charge is 0.303 e. The van der Waals surface area contributed by atoms with Crippen molar-refractivity contribution in [3.05, 3.63) is 47.5 Å². The summed E-state index contributed by atoms with van der Waals surface area (Å²) in [7, 11) is 0. The SMILES string of the molecule is O=C(O)C[C@H]1CC[C@@H](O)c2c1ccc1ccccc21. The molecule has 98 valence electrons. The van der Waals surface area contributed by atoms with Gasteiger partial charge in [-0.1, -0.05) is 36.4 Å². The fourth-order valence-corrected chi connectivity index (χ4v) is 3.12. The van der Waals surface area contributed by atoms with Gasteiger partial charge in [-0.05, 0) is 40.7 Å². The van der Waals surface area contributed by atoms with Gasteiger partial charge in [-0.25, -0.2) is 0 Å². The number of hydrogen-bond donors (Lipinski definition) is 2. The summed E-state index contributed by atoms with van der Waals surface area (Å²) in [4.78, 5) is 11.0. The van der Waals surface area contributed by atoms with Crippen LogP contribution in [0.15, 0.2) is 36.4 Å². The zero-order valence-electron chi connectivity index (χ0n) is 10.5. The number of aliphatic hydroxyl groups is 1. The Hall–Kier alpha value is -1.87. The van der Waals surface area contributed by atoms with Crippen molar-refractivity contribution >= 4 is 16.7 Å². The maximum Gasteiger partial charge on any atom is 0.303 e. The van der Waals surface area contributed by atoms with E-state index in [1.165, 1.54) is 0 Å². The standard InChI is InChI=1S/C16H16O3/c17-14-8-6-11(9-15(18)19)13-7-5-10-3-1-2-4-12(10)16(13)14/h1-5,7,11,14,17H,6,8-9H2,(H,18,19)/t11-,14-/m1/s1. The first-order valence-corrected chi connectivity index (χ1v) is 6.58. The van der Waals surface area contributed by atoms with Gasteiger partial charge in [0.15, 0.2) is 0 Å². The predicted molar refractivity (Wildman–Crippen MR) is 73.1 cm³/mol. The average molecular weight is 256 g/mol. The number of rotatable bonds is 2. The molecule has 0 heterocycles. The lowest BCUT2D eigenvalue weighted by Gasteiger charge is -2.29. The minimum Gasteiger partial charge on any atom is -0.481 e. The number of carbonyl (C=O) groups is 1. The van der Waals surface area contributed by atoms with Crippen LogP contribution in [-0.4, -0.2) is 16.2 Å². The van der Waals surface area contributed by atoms with E-state index in [0.717, 1.165) is 28.3 Å². The molecule has 1 aliphatic carbocycles. The predicted octanol–water partition coefficient (Wildman–Crippen LogP) is 3.23. The summed E-state index contributed by atoms with van der Waals surface area (Å²) in [5.74, 6) is -0.763. The van der Waals surface area contributed by atoms with Crippen LogP contribution in [0.4, 0.5) is 0 Å². The van der Waals surface area contributed by atoms with Gasteiger partial charge in [-0.2, -0.15) is 0 Å². The third kappa shape index (κ3) is 2.10. The van der Waals surface area contributed by atoms with E-state index < -0.39 is 12.1 Å². The van der Waals surface area contributed by atoms with Gasteiger partial charge in [0.05, 0.1) is 12.5 Å². The molecule has 2 atom stereocenters. The normalized spacial score (nSPS) is 22.2. The van der Waals surface area contributed by atoms with Crippen molar-refractivity contribution < 1.29 is 15.0 Å². The molecule has 0 aliphatic heterocycles. The first kappa shape index (κ1) is 12.2. The highest BCUT2D eigenvalue weighted by molar-refractivity contribution is 5.87. The van der Waals surface area contributed by atoms with E-state index >= 15 is 0 Å². The largest absolute Gasteiger partial charge is 0.481 e. The fourth-order valence-electron chi connectivity index (χ4n) is 3.12. The van der Waals surface area contributed by atoms with Crippen molar-refractivity contribution in [3.8, 4) is 0 Å². The van der Waals surface area contributed by atoms with Gasteiger partial charge in [0.25, 0.3) is 0 Å². The van der Waals surface area contributed by atoms with Gasteiger partial charge in [-0.15, -0.1) is 0 Å². The Morgan fingerprint density at radius 2 is 1.95 bits per heavy atom. The summed E-state index contributed by atoms with van der Waals surface area (Å²) in [5, 5.41) is 21.4. The van der Waals surface area contributed by atoms with Crippen molar-refractivity contribution in [2.24, 2.45) is 0 Å². The minimum atomic E-state index is -0.777. The molecule has 0 saturated carbocycles. The molecular weight excluding hydrogens is 240 g/mol. The molecule has 2 aromatic rings. The number of carboxylic acid groups (broad SMARTS) is 1. The highest BCUT2D eigenvalue weighted by Crippen LogP contribution is 2.42. The number of carboxylic acids is 1. The van der Waals surface area contributed by atoms with Crippen LogP contribution in [0.1, 0.15) is 42.4 Å². The van der Waals surface area contributed by atoms with E-state index in [4.69, 9.17) is 5.11 Å². The fraction of sp³-hybridized carbons (Fsp3) is 0.312. The molecule has 3 rings (SSSR count). The Bertz CT molecular complexity index is 633. The second kappa shape index (κ2) is 4.67. The number of aliphatic carboxylic acids is 1. The van der Waals surface area contributed by atoms with Gasteiger partial charge in [-0.3, -0.25) is 4.79 Å². The van der Waals surface area contributed by atoms with Crippen LogP contribution in [0.5, 0.6) is 0 Å². The second-order valence-electron chi connectivity index (χ2n) is 5.18. The van der Waals surface area contributed by atoms with Crippen molar-refractivity contribution in [1.29, 1.82) is 0 Å². The maximum absolute atomic E-state index is 11.0. The average Bonchev–Trinajstić information content (AvgIpc) is 2.41. The molecule has 2 aromatic carbocycles. The second-order valence-corrected chi connectivity index (χ2v) is 5.18. The Balaban J connectivity index is 2.18. The highest BCUT2D eigenvalue weighted by Gasteiger charge is 2.28. The van der Waals surface area contributed by atoms with Crippen LogP contribution in [-0.2, 0) is 4.79 Å². The van der Waals surface area contributed by atoms with Gasteiger partial charge in [0.2, 0.25) is 0 Å². The molecule has 1 aliphatic rings. The lowest BCUT2D eigenvalue weighted by Crippen LogP contribution is -2.17. The van der Waals surface area contributed by atoms with Crippen LogP contribution >= 0.6 is 0 Å². The van der Waals surface area contributed by atoms with E-state index in [1.54, 1.807) is 0 Å². The molecule has 3 nitrogen and oxygen atoms in total. The quantitative estimate of drug-likeness (QED) is 0.867. The summed E-state index contributed by atoms with van der Waals surface area (Å²) in [5.41, 5.74) is 1.93. The number of aliphatic hydroxyl groups excluding tert-OH is 1. The van der Waals surface area contributed by atoms with E-state index in [-0.39, 0.29) is 12.3 Å². The zero-order chi connectivity index (χ0) is 13.4. The Labute approximate surface area is 111 Å². The lowest BCUT2D eigenvalue weighted by atomic mass is 9.77. The molecule has 0 spiro atoms. The van der Waals surface area contributed by atoms with Crippen molar-refractivity contribution in [2.75, 3.05) is 0 Å². The monoisotopic (exact) mass is 256 g/mol. The first-order chi connectivity index (χ1) is 9.16. The molecule has 19 heavy (non-hydrogen) atoms. The molecular formula is C16H16O3. The number of fused-ring (bicyclic) bond motifs is 3. The number of benzene rings is 2. The van der Waals surface area contributed by atoms with Crippen LogP contribution in [0, 0.1) is 0 Å². The van der Waals surface area contributed by atoms with Gasteiger partial charge < -0.3 is 10.2 Å². The molecule has 0 unspecified atom stereocenters. The number of hydrogen-bond acceptors (Lipinski definition) is 2. The summed E-state index contributed by atoms with van der Waals surface area (Å²) in [6.45, 7) is 0. The summed E-state index contributed by atoms with van der Waals surface area (Å²) >= 11 is 0. The van der Waals surface area contributed by atoms with E-state index in [2.05, 4.69) is 0 Å². The first-order valence-electron chi connectivity index (χ1n) is 6.58. The third-order valence-corrected chi connectivity index (χ3v) is 3.99. The zero-order valence-corrected chi connectivity index (χ0v) is 10.5. The minimum absolute atomic E-state index is 0.0144. The van der Waals surface area contributed by atoms with Crippen molar-refractivity contribution in [2.45, 2.75) is 31.3 Å². The van der Waals surface area contributed by atoms with Crippen LogP contribution in [0.3, 0.4) is 0 Å². The summed E-state index contributed by atoms with van der Waals surface area (Å²) in [6.07, 6.45) is 1.03. The molecule has 0 amide bonds. The van der Waals surface area contributed by atoms with Crippen LogP contribution in [0.2, 0.25) is 0 Å². The van der Waals surface area contributed by atoms with Crippen molar-refractivity contribution in [3.63, 3.8) is 0 Å². The topological polar surface area (TPSA) is 57.5 Å². The van der Waals surface area contributed by atoms with Gasteiger partial charge >= 0.3 is 5.97 Å². The van der Waals surface area contributed by atoms with Crippen LogP contribution < -0.4 is 0 Å². The van der Waals surface area contributed by atoms with Crippen molar-refractivity contribution in [1.82, 2.24) is 0 Å². The molecule has 0 fully saturated rings. The lowest BCUT2D eigenvalue weighted by molar-refractivity contribution is -0.137. The molecule has 2 N–H and O–H groups in total. The van der Waals surface area contributed by atoms with Gasteiger partial charge in [0.1, 0.15) is 0 Å². The molecule has 0 aromatic heterocycles. The van der Waals surface area contributed by atoms with E-state index in [0.29, 0.717) is 6.42 Å². The van der Waals surface area contributed by atoms with Gasteiger partial charge in [0, 0.05) is 0 Å². The Morgan fingerprint density at radius 1 is 1.16 bits per heavy atom. The van der Waals surface area contributed by atoms with E-state index in [1.807, 2.05) is 36.4 Å². The molecule has 3 heteroatoms. The summed E-state index contributed by atoms with van der Waals surface area (Å²) < 4.78 is 0. The van der Waals surface area contributed by atoms with Crippen LogP contribution in [0.25, 0.3) is 10.8 Å². The Morgan fingerprint density at radius 3 is 2.74 bits per heavy atom. The summed E-state index contributed by atoms with van der Waals surface area (Å²) in [6, 6.07) is 11.9.